The first kappa shape index (κ1) is 10.3. The second-order valence-corrected chi connectivity index (χ2v) is 4.50. The molecule has 0 unspecified atom stereocenters. The molecule has 0 bridgehead atoms. The van der Waals surface area contributed by atoms with Gasteiger partial charge >= 0.3 is 0 Å². The zero-order chi connectivity index (χ0) is 12.7. The Hall–Kier alpha value is -2.62. The molecule has 4 heteroatoms. The topological polar surface area (TPSA) is 42.2 Å². The SMILES string of the molecule is c1ccc(C2=Nc3nc4ccccc4n3NC2)cc1. The van der Waals surface area contributed by atoms with Crippen molar-refractivity contribution in [3.63, 3.8) is 0 Å². The summed E-state index contributed by atoms with van der Waals surface area (Å²) in [7, 11) is 0. The normalized spacial score (nSPS) is 13.8. The molecule has 0 amide bonds. The molecule has 4 rings (SSSR count). The van der Waals surface area contributed by atoms with Crippen LogP contribution in [0, 0.1) is 0 Å². The Morgan fingerprint density at radius 1 is 0.947 bits per heavy atom. The lowest BCUT2D eigenvalue weighted by Crippen LogP contribution is -2.26. The number of nitrogens with zero attached hydrogens (tertiary/aromatic N) is 3. The Morgan fingerprint density at radius 3 is 2.63 bits per heavy atom. The zero-order valence-corrected chi connectivity index (χ0v) is 10.2. The molecule has 0 saturated heterocycles. The van der Waals surface area contributed by atoms with Crippen molar-refractivity contribution in [2.45, 2.75) is 0 Å². The largest absolute Gasteiger partial charge is 0.317 e. The van der Waals surface area contributed by atoms with Crippen LogP contribution in [0.4, 0.5) is 5.95 Å². The van der Waals surface area contributed by atoms with Crippen LogP contribution >= 0.6 is 0 Å². The van der Waals surface area contributed by atoms with Crippen LogP contribution < -0.4 is 5.43 Å². The van der Waals surface area contributed by atoms with Crippen LogP contribution in [0.5, 0.6) is 0 Å². The van der Waals surface area contributed by atoms with Crippen LogP contribution in [0.15, 0.2) is 59.6 Å². The van der Waals surface area contributed by atoms with E-state index in [0.29, 0.717) is 12.5 Å². The van der Waals surface area contributed by atoms with Gasteiger partial charge in [-0.2, -0.15) is 0 Å². The molecule has 4 nitrogen and oxygen atoms in total. The third-order valence-electron chi connectivity index (χ3n) is 3.29. The van der Waals surface area contributed by atoms with Crippen molar-refractivity contribution in [1.29, 1.82) is 0 Å². The lowest BCUT2D eigenvalue weighted by Gasteiger charge is -2.17. The first-order chi connectivity index (χ1) is 9.42. The quantitative estimate of drug-likeness (QED) is 0.719. The molecule has 0 saturated carbocycles. The molecule has 0 atom stereocenters. The van der Waals surface area contributed by atoms with Gasteiger partial charge in [0.15, 0.2) is 0 Å². The van der Waals surface area contributed by atoms with Crippen LogP contribution in [0.2, 0.25) is 0 Å². The number of imidazole rings is 1. The van der Waals surface area contributed by atoms with Gasteiger partial charge in [-0.3, -0.25) is 0 Å². The summed E-state index contributed by atoms with van der Waals surface area (Å²) in [5.41, 5.74) is 7.53. The van der Waals surface area contributed by atoms with E-state index in [1.807, 2.05) is 47.1 Å². The molecule has 2 aromatic carbocycles. The summed E-state index contributed by atoms with van der Waals surface area (Å²) in [6.07, 6.45) is 0. The minimum Gasteiger partial charge on any atom is -0.317 e. The third-order valence-corrected chi connectivity index (χ3v) is 3.29. The number of aromatic nitrogens is 2. The maximum atomic E-state index is 4.66. The van der Waals surface area contributed by atoms with Gasteiger partial charge < -0.3 is 5.43 Å². The summed E-state index contributed by atoms with van der Waals surface area (Å²) in [6, 6.07) is 18.2. The number of rotatable bonds is 1. The molecule has 2 heterocycles. The summed E-state index contributed by atoms with van der Waals surface area (Å²) in [4.78, 5) is 9.20. The van der Waals surface area contributed by atoms with Crippen LogP contribution in [0.3, 0.4) is 0 Å². The lowest BCUT2D eigenvalue weighted by atomic mass is 10.1. The van der Waals surface area contributed by atoms with Crippen molar-refractivity contribution in [2.75, 3.05) is 12.0 Å². The fourth-order valence-corrected chi connectivity index (χ4v) is 2.36. The number of hydrogen-bond acceptors (Lipinski definition) is 3. The first-order valence-electron chi connectivity index (χ1n) is 6.26. The number of para-hydroxylation sites is 2. The van der Waals surface area contributed by atoms with Crippen molar-refractivity contribution in [1.82, 2.24) is 9.66 Å². The monoisotopic (exact) mass is 248 g/mol. The molecule has 1 aliphatic rings. The molecule has 19 heavy (non-hydrogen) atoms. The van der Waals surface area contributed by atoms with E-state index in [9.17, 15) is 0 Å². The number of nitrogens with one attached hydrogen (secondary N) is 1. The van der Waals surface area contributed by atoms with Gasteiger partial charge in [-0.05, 0) is 17.7 Å². The van der Waals surface area contributed by atoms with Gasteiger partial charge in [-0.25, -0.2) is 14.7 Å². The van der Waals surface area contributed by atoms with E-state index in [1.165, 1.54) is 0 Å². The van der Waals surface area contributed by atoms with Gasteiger partial charge in [-0.1, -0.05) is 42.5 Å². The van der Waals surface area contributed by atoms with E-state index < -0.39 is 0 Å². The number of benzene rings is 2. The van der Waals surface area contributed by atoms with Crippen molar-refractivity contribution < 1.29 is 0 Å². The maximum Gasteiger partial charge on any atom is 0.249 e. The van der Waals surface area contributed by atoms with E-state index >= 15 is 0 Å². The average Bonchev–Trinajstić information content (AvgIpc) is 2.86. The zero-order valence-electron chi connectivity index (χ0n) is 10.2. The predicted octanol–water partition coefficient (Wildman–Crippen LogP) is 2.71. The van der Waals surface area contributed by atoms with E-state index in [0.717, 1.165) is 22.3 Å². The second-order valence-electron chi connectivity index (χ2n) is 4.50. The molecule has 1 aromatic heterocycles. The highest BCUT2D eigenvalue weighted by Crippen LogP contribution is 2.23. The molecule has 1 N–H and O–H groups in total. The Balaban J connectivity index is 1.87. The van der Waals surface area contributed by atoms with Gasteiger partial charge in [0, 0.05) is 0 Å². The van der Waals surface area contributed by atoms with Crippen LogP contribution in [0.1, 0.15) is 5.56 Å². The van der Waals surface area contributed by atoms with E-state index in [-0.39, 0.29) is 0 Å². The molecule has 0 aliphatic carbocycles. The maximum absolute atomic E-state index is 4.66. The Labute approximate surface area is 110 Å². The average molecular weight is 248 g/mol. The van der Waals surface area contributed by atoms with E-state index in [4.69, 9.17) is 0 Å². The van der Waals surface area contributed by atoms with Gasteiger partial charge in [-0.15, -0.1) is 0 Å². The second kappa shape index (κ2) is 3.95. The molecule has 92 valence electrons. The summed E-state index contributed by atoms with van der Waals surface area (Å²) >= 11 is 0. The van der Waals surface area contributed by atoms with Crippen molar-refractivity contribution in [3.05, 3.63) is 60.2 Å². The van der Waals surface area contributed by atoms with Gasteiger partial charge in [0.05, 0.1) is 23.3 Å². The molecular weight excluding hydrogens is 236 g/mol. The standard InChI is InChI=1S/C15H12N4/c1-2-6-11(7-3-1)13-10-16-19-14-9-5-4-8-12(14)17-15(19)18-13/h1-9,16H,10H2. The van der Waals surface area contributed by atoms with Gasteiger partial charge in [0.25, 0.3) is 0 Å². The summed E-state index contributed by atoms with van der Waals surface area (Å²) < 4.78 is 1.95. The van der Waals surface area contributed by atoms with Crippen molar-refractivity contribution in [2.24, 2.45) is 4.99 Å². The Kier molecular flexibility index (Phi) is 2.14. The van der Waals surface area contributed by atoms with Crippen LogP contribution in [-0.2, 0) is 0 Å². The van der Waals surface area contributed by atoms with Crippen molar-refractivity contribution in [3.8, 4) is 0 Å². The van der Waals surface area contributed by atoms with Gasteiger partial charge in [0.1, 0.15) is 0 Å². The molecule has 3 aromatic rings. The van der Waals surface area contributed by atoms with Crippen LogP contribution in [0.25, 0.3) is 11.0 Å². The highest BCUT2D eigenvalue weighted by atomic mass is 15.5. The lowest BCUT2D eigenvalue weighted by molar-refractivity contribution is 0.900. The smallest absolute Gasteiger partial charge is 0.249 e. The fraction of sp³-hybridized carbons (Fsp3) is 0.0667. The minimum atomic E-state index is 0.706. The van der Waals surface area contributed by atoms with E-state index in [1.54, 1.807) is 0 Å². The predicted molar refractivity (Wildman–Crippen MR) is 76.6 cm³/mol. The molecule has 0 fully saturated rings. The summed E-state index contributed by atoms with van der Waals surface area (Å²) in [6.45, 7) is 0.706. The number of fused-ring (bicyclic) bond motifs is 3. The number of aliphatic imine (C=N–C) groups is 1. The minimum absolute atomic E-state index is 0.706. The molecular formula is C15H12N4. The summed E-state index contributed by atoms with van der Waals surface area (Å²) in [5.74, 6) is 0.714. The molecule has 0 radical (unpaired) electrons. The third kappa shape index (κ3) is 1.61. The highest BCUT2D eigenvalue weighted by molar-refractivity contribution is 6.05. The molecule has 0 spiro atoms. The Bertz CT molecular complexity index is 771. The van der Waals surface area contributed by atoms with Crippen molar-refractivity contribution >= 4 is 22.7 Å². The highest BCUT2D eigenvalue weighted by Gasteiger charge is 2.16. The van der Waals surface area contributed by atoms with E-state index in [2.05, 4.69) is 27.5 Å². The van der Waals surface area contributed by atoms with Gasteiger partial charge in [0.2, 0.25) is 5.95 Å². The Morgan fingerprint density at radius 2 is 1.74 bits per heavy atom. The molecule has 1 aliphatic heterocycles. The summed E-state index contributed by atoms with van der Waals surface area (Å²) in [5, 5.41) is 0. The number of hydrogen-bond donors (Lipinski definition) is 1. The fourth-order valence-electron chi connectivity index (χ4n) is 2.36. The van der Waals surface area contributed by atoms with Crippen LogP contribution in [-0.4, -0.2) is 21.9 Å². The first-order valence-corrected chi connectivity index (χ1v) is 6.26.